The molecule has 0 aliphatic carbocycles. The summed E-state index contributed by atoms with van der Waals surface area (Å²) in [5, 5.41) is 4.40. The molecule has 5 nitrogen and oxygen atoms in total. The highest BCUT2D eigenvalue weighted by Crippen LogP contribution is 2.35. The van der Waals surface area contributed by atoms with Crippen LogP contribution in [0.1, 0.15) is 5.56 Å². The lowest BCUT2D eigenvalue weighted by atomic mass is 10.1. The minimum absolute atomic E-state index is 0.546. The average Bonchev–Trinajstić information content (AvgIpc) is 2.78. The zero-order valence-electron chi connectivity index (χ0n) is 16.4. The van der Waals surface area contributed by atoms with Crippen molar-refractivity contribution in [3.05, 3.63) is 84.6 Å². The number of pyridine rings is 1. The van der Waals surface area contributed by atoms with Gasteiger partial charge >= 0.3 is 0 Å². The summed E-state index contributed by atoms with van der Waals surface area (Å²) in [6, 6.07) is 23.8. The fourth-order valence-corrected chi connectivity index (χ4v) is 3.11. The molecule has 4 aromatic rings. The van der Waals surface area contributed by atoms with Crippen molar-refractivity contribution in [2.45, 2.75) is 6.61 Å². The molecule has 5 heteroatoms. The second-order valence-corrected chi connectivity index (χ2v) is 6.51. The third-order valence-corrected chi connectivity index (χ3v) is 4.63. The maximum atomic E-state index is 5.86. The maximum absolute atomic E-state index is 5.86. The minimum atomic E-state index is 0.546. The molecule has 0 atom stereocenters. The molecule has 0 amide bonds. The molecule has 146 valence electrons. The van der Waals surface area contributed by atoms with Gasteiger partial charge in [0.25, 0.3) is 0 Å². The summed E-state index contributed by atoms with van der Waals surface area (Å²) in [6.07, 6.45) is 1.77. The topological polar surface area (TPSA) is 52.6 Å². The van der Waals surface area contributed by atoms with E-state index in [4.69, 9.17) is 14.2 Å². The van der Waals surface area contributed by atoms with Crippen molar-refractivity contribution in [1.82, 2.24) is 4.98 Å². The van der Waals surface area contributed by atoms with E-state index < -0.39 is 0 Å². The Balaban J connectivity index is 1.52. The van der Waals surface area contributed by atoms with Crippen LogP contribution in [-0.2, 0) is 6.61 Å². The van der Waals surface area contributed by atoms with E-state index in [2.05, 4.69) is 10.3 Å². The third kappa shape index (κ3) is 4.24. The summed E-state index contributed by atoms with van der Waals surface area (Å²) < 4.78 is 16.7. The Kier molecular flexibility index (Phi) is 5.47. The number of nitrogens with one attached hydrogen (secondary N) is 1. The van der Waals surface area contributed by atoms with E-state index >= 15 is 0 Å². The van der Waals surface area contributed by atoms with Gasteiger partial charge in [-0.15, -0.1) is 0 Å². The Labute approximate surface area is 169 Å². The lowest BCUT2D eigenvalue weighted by Crippen LogP contribution is -1.97. The molecule has 0 bridgehead atoms. The zero-order chi connectivity index (χ0) is 20.1. The van der Waals surface area contributed by atoms with Crippen LogP contribution in [0.3, 0.4) is 0 Å². The molecule has 1 aromatic heterocycles. The highest BCUT2D eigenvalue weighted by atomic mass is 16.5. The van der Waals surface area contributed by atoms with Gasteiger partial charge in [0.2, 0.25) is 0 Å². The zero-order valence-corrected chi connectivity index (χ0v) is 16.4. The number of benzene rings is 3. The Bertz CT molecular complexity index is 1100. The second kappa shape index (κ2) is 8.52. The Hall–Kier alpha value is -3.73. The van der Waals surface area contributed by atoms with E-state index in [1.807, 2.05) is 72.8 Å². The molecular formula is C24H22N2O3. The van der Waals surface area contributed by atoms with Crippen molar-refractivity contribution < 1.29 is 14.2 Å². The fraction of sp³-hybridized carbons (Fsp3) is 0.125. The third-order valence-electron chi connectivity index (χ3n) is 4.63. The molecule has 0 unspecified atom stereocenters. The van der Waals surface area contributed by atoms with Crippen molar-refractivity contribution in [3.8, 4) is 17.2 Å². The lowest BCUT2D eigenvalue weighted by Gasteiger charge is -2.13. The smallest absolute Gasteiger partial charge is 0.162 e. The van der Waals surface area contributed by atoms with Crippen LogP contribution in [-0.4, -0.2) is 19.2 Å². The van der Waals surface area contributed by atoms with E-state index in [1.54, 1.807) is 20.4 Å². The summed E-state index contributed by atoms with van der Waals surface area (Å²) in [5.74, 6) is 2.15. The van der Waals surface area contributed by atoms with E-state index in [-0.39, 0.29) is 0 Å². The van der Waals surface area contributed by atoms with E-state index in [0.717, 1.165) is 33.6 Å². The Morgan fingerprint density at radius 2 is 1.55 bits per heavy atom. The number of fused-ring (bicyclic) bond motifs is 1. The first kappa shape index (κ1) is 18.6. The molecule has 0 aliphatic rings. The van der Waals surface area contributed by atoms with Crippen LogP contribution < -0.4 is 19.5 Å². The van der Waals surface area contributed by atoms with Crippen molar-refractivity contribution in [2.24, 2.45) is 0 Å². The molecule has 0 aliphatic heterocycles. The first-order chi connectivity index (χ1) is 14.3. The molecule has 4 rings (SSSR count). The lowest BCUT2D eigenvalue weighted by molar-refractivity contribution is 0.306. The fourth-order valence-electron chi connectivity index (χ4n) is 3.11. The van der Waals surface area contributed by atoms with Crippen LogP contribution in [0.15, 0.2) is 79.0 Å². The largest absolute Gasteiger partial charge is 0.493 e. The van der Waals surface area contributed by atoms with Gasteiger partial charge in [0, 0.05) is 29.0 Å². The molecule has 3 aromatic carbocycles. The molecule has 29 heavy (non-hydrogen) atoms. The number of anilines is 2. The second-order valence-electron chi connectivity index (χ2n) is 6.51. The highest BCUT2D eigenvalue weighted by Gasteiger charge is 2.10. The quantitative estimate of drug-likeness (QED) is 0.450. The van der Waals surface area contributed by atoms with Gasteiger partial charge in [-0.3, -0.25) is 4.98 Å². The number of hydrogen-bond donors (Lipinski definition) is 1. The molecule has 0 saturated heterocycles. The van der Waals surface area contributed by atoms with Crippen LogP contribution in [0.25, 0.3) is 10.9 Å². The number of ether oxygens (including phenoxy) is 3. The monoisotopic (exact) mass is 386 g/mol. The number of hydrogen-bond acceptors (Lipinski definition) is 5. The van der Waals surface area contributed by atoms with Crippen LogP contribution in [0.4, 0.5) is 11.4 Å². The molecule has 0 saturated carbocycles. The van der Waals surface area contributed by atoms with Gasteiger partial charge in [0.05, 0.1) is 19.7 Å². The number of nitrogens with zero attached hydrogens (tertiary/aromatic N) is 1. The van der Waals surface area contributed by atoms with Gasteiger partial charge in [0.15, 0.2) is 11.5 Å². The SMILES string of the molecule is COc1cc2nccc(Nc3ccc(OCc4ccccc4)cc3)c2cc1OC. The van der Waals surface area contributed by atoms with Crippen LogP contribution in [0.2, 0.25) is 0 Å². The molecule has 0 radical (unpaired) electrons. The van der Waals surface area contributed by atoms with Crippen LogP contribution in [0.5, 0.6) is 17.2 Å². The van der Waals surface area contributed by atoms with Crippen molar-refractivity contribution >= 4 is 22.3 Å². The predicted molar refractivity (Wildman–Crippen MR) is 115 cm³/mol. The number of methoxy groups -OCH3 is 2. The van der Waals surface area contributed by atoms with Crippen molar-refractivity contribution in [3.63, 3.8) is 0 Å². The van der Waals surface area contributed by atoms with Gasteiger partial charge in [-0.2, -0.15) is 0 Å². The van der Waals surface area contributed by atoms with Gasteiger partial charge in [-0.1, -0.05) is 30.3 Å². The minimum Gasteiger partial charge on any atom is -0.493 e. The summed E-state index contributed by atoms with van der Waals surface area (Å²) >= 11 is 0. The molecular weight excluding hydrogens is 364 g/mol. The normalized spacial score (nSPS) is 10.6. The summed E-state index contributed by atoms with van der Waals surface area (Å²) in [6.45, 7) is 0.546. The first-order valence-corrected chi connectivity index (χ1v) is 9.31. The number of rotatable bonds is 7. The van der Waals surface area contributed by atoms with Gasteiger partial charge in [0.1, 0.15) is 12.4 Å². The summed E-state index contributed by atoms with van der Waals surface area (Å²) in [5.41, 5.74) is 3.87. The van der Waals surface area contributed by atoms with Gasteiger partial charge < -0.3 is 19.5 Å². The molecule has 0 spiro atoms. The standard InChI is InChI=1S/C24H22N2O3/c1-27-23-14-20-21(12-13-25-22(20)15-24(23)28-2)26-18-8-10-19(11-9-18)29-16-17-6-4-3-5-7-17/h3-15H,16H2,1-2H3,(H,25,26). The first-order valence-electron chi connectivity index (χ1n) is 9.31. The van der Waals surface area contributed by atoms with Crippen LogP contribution in [0, 0.1) is 0 Å². The van der Waals surface area contributed by atoms with Gasteiger partial charge in [-0.05, 0) is 42.0 Å². The summed E-state index contributed by atoms with van der Waals surface area (Å²) in [4.78, 5) is 4.44. The predicted octanol–water partition coefficient (Wildman–Crippen LogP) is 5.57. The van der Waals surface area contributed by atoms with E-state index in [0.29, 0.717) is 18.1 Å². The van der Waals surface area contributed by atoms with E-state index in [1.165, 1.54) is 0 Å². The maximum Gasteiger partial charge on any atom is 0.162 e. The van der Waals surface area contributed by atoms with Gasteiger partial charge in [-0.25, -0.2) is 0 Å². The number of aromatic nitrogens is 1. The Morgan fingerprint density at radius 1 is 0.828 bits per heavy atom. The van der Waals surface area contributed by atoms with E-state index in [9.17, 15) is 0 Å². The molecule has 1 heterocycles. The highest BCUT2D eigenvalue weighted by molar-refractivity contribution is 5.95. The molecule has 0 fully saturated rings. The van der Waals surface area contributed by atoms with Crippen molar-refractivity contribution in [1.29, 1.82) is 0 Å². The Morgan fingerprint density at radius 3 is 2.28 bits per heavy atom. The average molecular weight is 386 g/mol. The molecule has 1 N–H and O–H groups in total. The van der Waals surface area contributed by atoms with Crippen molar-refractivity contribution in [2.75, 3.05) is 19.5 Å². The summed E-state index contributed by atoms with van der Waals surface area (Å²) in [7, 11) is 3.24. The van der Waals surface area contributed by atoms with Crippen LogP contribution >= 0.6 is 0 Å².